The molecule has 6 heteroatoms. The number of nitrogens with zero attached hydrogens (tertiary/aromatic N) is 1. The molecule has 0 atom stereocenters. The molecule has 2 heterocycles. The summed E-state index contributed by atoms with van der Waals surface area (Å²) in [5, 5.41) is 9.06. The van der Waals surface area contributed by atoms with Crippen molar-refractivity contribution in [3.05, 3.63) is 52.4 Å². The minimum Gasteiger partial charge on any atom is -0.478 e. The summed E-state index contributed by atoms with van der Waals surface area (Å²) >= 11 is 0. The molecule has 94 valence electrons. The lowest BCUT2D eigenvalue weighted by molar-refractivity contribution is 0.0698. The Morgan fingerprint density at radius 3 is 2.89 bits per heavy atom. The molecule has 0 spiro atoms. The minimum absolute atomic E-state index is 0.0172. The number of hydrogen-bond acceptors (Lipinski definition) is 4. The lowest BCUT2D eigenvalue weighted by Crippen LogP contribution is -2.02. The molecule has 0 bridgehead atoms. The van der Waals surface area contributed by atoms with Gasteiger partial charge in [0.1, 0.15) is 16.6 Å². The molecular weight excluding hydrogens is 248 g/mol. The summed E-state index contributed by atoms with van der Waals surface area (Å²) in [7, 11) is 0. The molecule has 0 saturated carbocycles. The van der Waals surface area contributed by atoms with Crippen LogP contribution in [0.4, 0.5) is 0 Å². The van der Waals surface area contributed by atoms with E-state index < -0.39 is 5.97 Å². The number of rotatable bonds is 2. The van der Waals surface area contributed by atoms with Crippen LogP contribution in [0.1, 0.15) is 10.4 Å². The van der Waals surface area contributed by atoms with E-state index in [2.05, 4.69) is 9.97 Å². The quantitative estimate of drug-likeness (QED) is 0.729. The Labute approximate surface area is 106 Å². The largest absolute Gasteiger partial charge is 0.478 e. The fourth-order valence-corrected chi connectivity index (χ4v) is 1.82. The van der Waals surface area contributed by atoms with Gasteiger partial charge in [0.05, 0.1) is 0 Å². The fourth-order valence-electron chi connectivity index (χ4n) is 1.82. The molecule has 0 aliphatic rings. The van der Waals surface area contributed by atoms with Crippen LogP contribution in [0.5, 0.6) is 0 Å². The Morgan fingerprint density at radius 2 is 2.16 bits per heavy atom. The predicted octanol–water partition coefficient (Wildman–Crippen LogP) is 1.88. The first-order valence-electron chi connectivity index (χ1n) is 5.47. The maximum atomic E-state index is 11.7. The summed E-state index contributed by atoms with van der Waals surface area (Å²) < 4.78 is 5.42. The van der Waals surface area contributed by atoms with Gasteiger partial charge in [0.15, 0.2) is 11.0 Å². The zero-order valence-corrected chi connectivity index (χ0v) is 9.58. The number of hydrogen-bond donors (Lipinski definition) is 2. The number of carbonyl (C=O) groups is 1. The minimum atomic E-state index is -1.10. The average molecular weight is 256 g/mol. The Balaban J connectivity index is 2.29. The van der Waals surface area contributed by atoms with Crippen molar-refractivity contribution in [2.45, 2.75) is 0 Å². The monoisotopic (exact) mass is 256 g/mol. The Hall–Kier alpha value is -2.89. The van der Waals surface area contributed by atoms with Gasteiger partial charge in [-0.05, 0) is 12.1 Å². The highest BCUT2D eigenvalue weighted by atomic mass is 16.4. The van der Waals surface area contributed by atoms with Crippen LogP contribution in [0.15, 0.2) is 45.9 Å². The van der Waals surface area contributed by atoms with E-state index in [1.807, 2.05) is 0 Å². The van der Waals surface area contributed by atoms with E-state index in [0.717, 1.165) is 0 Å². The first-order valence-corrected chi connectivity index (χ1v) is 5.47. The molecular formula is C13H8N2O4. The Kier molecular flexibility index (Phi) is 2.42. The van der Waals surface area contributed by atoms with E-state index in [-0.39, 0.29) is 28.0 Å². The van der Waals surface area contributed by atoms with Crippen molar-refractivity contribution in [1.82, 2.24) is 9.97 Å². The number of para-hydroxylation sites is 1. The zero-order chi connectivity index (χ0) is 13.4. The maximum absolute atomic E-state index is 11.7. The summed E-state index contributed by atoms with van der Waals surface area (Å²) in [4.78, 5) is 29.7. The number of aromatic carboxylic acids is 1. The van der Waals surface area contributed by atoms with E-state index in [1.54, 1.807) is 12.1 Å². The molecule has 19 heavy (non-hydrogen) atoms. The lowest BCUT2D eigenvalue weighted by Gasteiger charge is -1.93. The van der Waals surface area contributed by atoms with Crippen LogP contribution < -0.4 is 5.43 Å². The molecule has 6 nitrogen and oxygen atoms in total. The van der Waals surface area contributed by atoms with Crippen LogP contribution >= 0.6 is 0 Å². The summed E-state index contributed by atoms with van der Waals surface area (Å²) in [5.74, 6) is -0.999. The van der Waals surface area contributed by atoms with E-state index in [1.165, 1.54) is 24.5 Å². The van der Waals surface area contributed by atoms with Crippen molar-refractivity contribution in [1.29, 1.82) is 0 Å². The standard InChI is InChI=1S/C13H8N2O4/c16-10-4-5-14-6-8(10)12-15-9-3-1-2-7(13(17)18)11(9)19-12/h1-6H,(H,14,16)(H,17,18). The van der Waals surface area contributed by atoms with E-state index in [4.69, 9.17) is 9.52 Å². The Morgan fingerprint density at radius 1 is 1.32 bits per heavy atom. The molecule has 0 aliphatic heterocycles. The van der Waals surface area contributed by atoms with Gasteiger partial charge in [-0.1, -0.05) is 6.07 Å². The average Bonchev–Trinajstić information content (AvgIpc) is 2.82. The van der Waals surface area contributed by atoms with Gasteiger partial charge in [0.2, 0.25) is 5.89 Å². The number of benzene rings is 1. The highest BCUT2D eigenvalue weighted by molar-refractivity contribution is 6.00. The summed E-state index contributed by atoms with van der Waals surface area (Å²) in [6.07, 6.45) is 2.96. The summed E-state index contributed by atoms with van der Waals surface area (Å²) in [6, 6.07) is 5.98. The lowest BCUT2D eigenvalue weighted by atomic mass is 10.2. The third-order valence-corrected chi connectivity index (χ3v) is 2.70. The number of pyridine rings is 1. The number of carboxylic acids is 1. The van der Waals surface area contributed by atoms with Crippen molar-refractivity contribution in [3.8, 4) is 11.5 Å². The van der Waals surface area contributed by atoms with Crippen LogP contribution in [-0.4, -0.2) is 21.0 Å². The molecule has 3 rings (SSSR count). The number of oxazole rings is 1. The van der Waals surface area contributed by atoms with Crippen LogP contribution in [0.25, 0.3) is 22.6 Å². The van der Waals surface area contributed by atoms with Crippen molar-refractivity contribution in [2.75, 3.05) is 0 Å². The van der Waals surface area contributed by atoms with Gasteiger partial charge in [0, 0.05) is 18.5 Å². The molecule has 0 fully saturated rings. The first-order chi connectivity index (χ1) is 9.16. The second kappa shape index (κ2) is 4.09. The van der Waals surface area contributed by atoms with E-state index in [9.17, 15) is 9.59 Å². The second-order valence-corrected chi connectivity index (χ2v) is 3.90. The number of carboxylic acid groups (broad SMARTS) is 1. The van der Waals surface area contributed by atoms with E-state index in [0.29, 0.717) is 5.52 Å². The molecule has 0 saturated heterocycles. The van der Waals surface area contributed by atoms with Crippen LogP contribution in [-0.2, 0) is 0 Å². The van der Waals surface area contributed by atoms with Crippen LogP contribution in [0.3, 0.4) is 0 Å². The van der Waals surface area contributed by atoms with Gasteiger partial charge < -0.3 is 14.5 Å². The van der Waals surface area contributed by atoms with Gasteiger partial charge in [-0.25, -0.2) is 9.78 Å². The first kappa shape index (κ1) is 11.2. The van der Waals surface area contributed by atoms with Crippen LogP contribution in [0, 0.1) is 0 Å². The van der Waals surface area contributed by atoms with Gasteiger partial charge in [-0.15, -0.1) is 0 Å². The molecule has 0 amide bonds. The molecule has 1 aromatic carbocycles. The third-order valence-electron chi connectivity index (χ3n) is 2.70. The molecule has 0 radical (unpaired) electrons. The summed E-state index contributed by atoms with van der Waals surface area (Å²) in [6.45, 7) is 0. The molecule has 0 unspecified atom stereocenters. The number of fused-ring (bicyclic) bond motifs is 1. The molecule has 2 N–H and O–H groups in total. The molecule has 2 aromatic heterocycles. The predicted molar refractivity (Wildman–Crippen MR) is 67.0 cm³/mol. The highest BCUT2D eigenvalue weighted by Crippen LogP contribution is 2.24. The fraction of sp³-hybridized carbons (Fsp3) is 0. The van der Waals surface area contributed by atoms with Crippen molar-refractivity contribution in [3.63, 3.8) is 0 Å². The highest BCUT2D eigenvalue weighted by Gasteiger charge is 2.16. The normalized spacial score (nSPS) is 10.7. The van der Waals surface area contributed by atoms with Crippen molar-refractivity contribution >= 4 is 17.1 Å². The van der Waals surface area contributed by atoms with Crippen molar-refractivity contribution in [2.24, 2.45) is 0 Å². The molecule has 0 aliphatic carbocycles. The topological polar surface area (TPSA) is 96.2 Å². The van der Waals surface area contributed by atoms with Gasteiger partial charge in [-0.3, -0.25) is 4.79 Å². The van der Waals surface area contributed by atoms with E-state index >= 15 is 0 Å². The van der Waals surface area contributed by atoms with Gasteiger partial charge in [0.25, 0.3) is 0 Å². The number of aromatic amines is 1. The van der Waals surface area contributed by atoms with Gasteiger partial charge >= 0.3 is 5.97 Å². The van der Waals surface area contributed by atoms with Crippen molar-refractivity contribution < 1.29 is 14.3 Å². The number of aromatic nitrogens is 2. The Bertz CT molecular complexity index is 832. The SMILES string of the molecule is O=C(O)c1cccc2nc(-c3c[nH]ccc3=O)oc12. The smallest absolute Gasteiger partial charge is 0.339 e. The number of nitrogens with one attached hydrogen (secondary N) is 1. The molecule has 3 aromatic rings. The number of H-pyrrole nitrogens is 1. The maximum Gasteiger partial charge on any atom is 0.339 e. The third kappa shape index (κ3) is 1.79. The van der Waals surface area contributed by atoms with Crippen LogP contribution in [0.2, 0.25) is 0 Å². The summed E-state index contributed by atoms with van der Waals surface area (Å²) in [5.41, 5.74) is 0.590. The second-order valence-electron chi connectivity index (χ2n) is 3.90. The van der Waals surface area contributed by atoms with Gasteiger partial charge in [-0.2, -0.15) is 0 Å². The zero-order valence-electron chi connectivity index (χ0n) is 9.58.